The molecule has 114 valence electrons. The van der Waals surface area contributed by atoms with Gasteiger partial charge in [-0.15, -0.1) is 13.0 Å². The molecular formula is C22H26. The van der Waals surface area contributed by atoms with Crippen molar-refractivity contribution in [3.8, 4) is 12.3 Å². The molecule has 0 heteroatoms. The molecular weight excluding hydrogens is 264 g/mol. The summed E-state index contributed by atoms with van der Waals surface area (Å²) in [5.74, 6) is 2.54. The molecule has 0 heterocycles. The van der Waals surface area contributed by atoms with Crippen LogP contribution in [0.15, 0.2) is 66.3 Å². The molecule has 0 atom stereocenters. The molecule has 0 unspecified atom stereocenters. The predicted octanol–water partition coefficient (Wildman–Crippen LogP) is 6.12. The van der Waals surface area contributed by atoms with Crippen LogP contribution in [-0.2, 0) is 6.42 Å². The van der Waals surface area contributed by atoms with Gasteiger partial charge in [-0.3, -0.25) is 0 Å². The summed E-state index contributed by atoms with van der Waals surface area (Å²) in [7, 11) is 0. The van der Waals surface area contributed by atoms with Crippen LogP contribution in [-0.4, -0.2) is 0 Å². The molecule has 0 radical (unpaired) electrons. The minimum atomic E-state index is 0.924. The van der Waals surface area contributed by atoms with Gasteiger partial charge >= 0.3 is 0 Å². The Bertz CT molecular complexity index is 613. The Kier molecular flexibility index (Phi) is 7.79. The minimum absolute atomic E-state index is 0.924. The van der Waals surface area contributed by atoms with Gasteiger partial charge in [0.2, 0.25) is 0 Å². The highest BCUT2D eigenvalue weighted by atomic mass is 14.1. The van der Waals surface area contributed by atoms with Crippen molar-refractivity contribution in [2.24, 2.45) is 0 Å². The summed E-state index contributed by atoms with van der Waals surface area (Å²) in [6, 6.07) is 8.82. The lowest BCUT2D eigenvalue weighted by atomic mass is 9.97. The average molecular weight is 290 g/mol. The van der Waals surface area contributed by atoms with E-state index in [2.05, 4.69) is 68.8 Å². The Morgan fingerprint density at radius 1 is 1.18 bits per heavy atom. The van der Waals surface area contributed by atoms with E-state index in [0.29, 0.717) is 0 Å². The zero-order valence-corrected chi connectivity index (χ0v) is 14.0. The lowest BCUT2D eigenvalue weighted by Gasteiger charge is -2.08. The number of benzene rings is 1. The summed E-state index contributed by atoms with van der Waals surface area (Å²) in [6.07, 6.45) is 16.5. The topological polar surface area (TPSA) is 0 Å². The monoisotopic (exact) mass is 290 g/mol. The van der Waals surface area contributed by atoms with Crippen LogP contribution in [0.5, 0.6) is 0 Å². The van der Waals surface area contributed by atoms with Gasteiger partial charge in [-0.05, 0) is 68.4 Å². The fourth-order valence-corrected chi connectivity index (χ4v) is 2.22. The highest BCUT2D eigenvalue weighted by molar-refractivity contribution is 5.65. The zero-order chi connectivity index (χ0) is 16.4. The Morgan fingerprint density at radius 2 is 1.86 bits per heavy atom. The zero-order valence-electron chi connectivity index (χ0n) is 14.0. The van der Waals surface area contributed by atoms with Crippen LogP contribution in [0.3, 0.4) is 0 Å². The maximum atomic E-state index is 5.24. The van der Waals surface area contributed by atoms with Crippen molar-refractivity contribution in [1.29, 1.82) is 0 Å². The minimum Gasteiger partial charge on any atom is -0.115 e. The Hall–Kier alpha value is -2.26. The van der Waals surface area contributed by atoms with Gasteiger partial charge in [0.15, 0.2) is 0 Å². The molecule has 1 rings (SSSR count). The molecule has 0 saturated heterocycles. The van der Waals surface area contributed by atoms with E-state index in [1.807, 2.05) is 6.92 Å². The van der Waals surface area contributed by atoms with E-state index in [4.69, 9.17) is 6.42 Å². The number of terminal acetylenes is 1. The molecule has 0 aromatic heterocycles. The van der Waals surface area contributed by atoms with Crippen molar-refractivity contribution in [2.75, 3.05) is 0 Å². The van der Waals surface area contributed by atoms with Gasteiger partial charge < -0.3 is 0 Å². The maximum Gasteiger partial charge on any atom is -0.00924 e. The lowest BCUT2D eigenvalue weighted by Crippen LogP contribution is -1.88. The highest BCUT2D eigenvalue weighted by Crippen LogP contribution is 2.22. The molecule has 1 aromatic rings. The third-order valence-corrected chi connectivity index (χ3v) is 3.54. The van der Waals surface area contributed by atoms with Crippen LogP contribution in [0.2, 0.25) is 0 Å². The van der Waals surface area contributed by atoms with Gasteiger partial charge in [0, 0.05) is 0 Å². The van der Waals surface area contributed by atoms with E-state index in [1.54, 1.807) is 6.08 Å². The van der Waals surface area contributed by atoms with E-state index < -0.39 is 0 Å². The molecule has 0 aliphatic carbocycles. The quantitative estimate of drug-likeness (QED) is 0.322. The second kappa shape index (κ2) is 9.64. The van der Waals surface area contributed by atoms with Crippen molar-refractivity contribution in [3.05, 3.63) is 77.4 Å². The van der Waals surface area contributed by atoms with E-state index in [9.17, 15) is 0 Å². The first-order valence-corrected chi connectivity index (χ1v) is 7.75. The Morgan fingerprint density at radius 3 is 2.41 bits per heavy atom. The van der Waals surface area contributed by atoms with Crippen LogP contribution >= 0.6 is 0 Å². The number of hydrogen-bond donors (Lipinski definition) is 0. The van der Waals surface area contributed by atoms with Crippen molar-refractivity contribution in [1.82, 2.24) is 0 Å². The largest absolute Gasteiger partial charge is 0.115 e. The van der Waals surface area contributed by atoms with Crippen LogP contribution in [0.4, 0.5) is 0 Å². The van der Waals surface area contributed by atoms with Gasteiger partial charge in [0.25, 0.3) is 0 Å². The summed E-state index contributed by atoms with van der Waals surface area (Å²) < 4.78 is 0. The Labute approximate surface area is 136 Å². The first kappa shape index (κ1) is 17.8. The van der Waals surface area contributed by atoms with E-state index in [0.717, 1.165) is 24.8 Å². The smallest absolute Gasteiger partial charge is 0.00924 e. The summed E-state index contributed by atoms with van der Waals surface area (Å²) in [5.41, 5.74) is 6.34. The molecule has 0 N–H and O–H groups in total. The van der Waals surface area contributed by atoms with Crippen LogP contribution in [0, 0.1) is 12.3 Å². The van der Waals surface area contributed by atoms with E-state index in [1.165, 1.54) is 22.3 Å². The Balaban J connectivity index is 2.68. The summed E-state index contributed by atoms with van der Waals surface area (Å²) >= 11 is 0. The van der Waals surface area contributed by atoms with Gasteiger partial charge in [0.1, 0.15) is 0 Å². The lowest BCUT2D eigenvalue weighted by molar-refractivity contribution is 0.996. The van der Waals surface area contributed by atoms with Crippen molar-refractivity contribution in [2.45, 2.75) is 40.0 Å². The van der Waals surface area contributed by atoms with Gasteiger partial charge in [0.05, 0.1) is 0 Å². The highest BCUT2D eigenvalue weighted by Gasteiger charge is 2.01. The van der Waals surface area contributed by atoms with E-state index in [-0.39, 0.29) is 0 Å². The molecule has 0 nitrogen and oxygen atoms in total. The molecule has 1 aromatic carbocycles. The molecule has 22 heavy (non-hydrogen) atoms. The van der Waals surface area contributed by atoms with Crippen molar-refractivity contribution < 1.29 is 0 Å². The second-order valence-electron chi connectivity index (χ2n) is 5.63. The van der Waals surface area contributed by atoms with Gasteiger partial charge in [-0.1, -0.05) is 54.0 Å². The summed E-state index contributed by atoms with van der Waals surface area (Å²) in [4.78, 5) is 0. The van der Waals surface area contributed by atoms with Crippen LogP contribution in [0.25, 0.3) is 5.57 Å². The summed E-state index contributed by atoms with van der Waals surface area (Å²) in [5, 5.41) is 0. The molecule has 0 bridgehead atoms. The first-order chi connectivity index (χ1) is 10.6. The number of allylic oxidation sites excluding steroid dienone is 7. The third-order valence-electron chi connectivity index (χ3n) is 3.54. The van der Waals surface area contributed by atoms with Gasteiger partial charge in [-0.2, -0.15) is 0 Å². The molecule has 0 amide bonds. The second-order valence-corrected chi connectivity index (χ2v) is 5.63. The SMILES string of the molecule is C#C/C=C(C)\C=C/Cc1ccc(/C(=C/C)CCC(=C)C)cc1. The number of rotatable bonds is 7. The molecule has 0 aliphatic rings. The number of hydrogen-bond acceptors (Lipinski definition) is 0. The average Bonchev–Trinajstić information content (AvgIpc) is 2.49. The fraction of sp³-hybridized carbons (Fsp3) is 0.273. The first-order valence-electron chi connectivity index (χ1n) is 7.75. The molecule has 0 fully saturated rings. The van der Waals surface area contributed by atoms with Crippen LogP contribution < -0.4 is 0 Å². The van der Waals surface area contributed by atoms with Crippen LogP contribution in [0.1, 0.15) is 44.7 Å². The maximum absolute atomic E-state index is 5.24. The molecule has 0 saturated carbocycles. The van der Waals surface area contributed by atoms with E-state index >= 15 is 0 Å². The standard InChI is InChI=1S/C22H26/c1-6-9-19(5)10-8-11-20-13-16-22(17-14-20)21(7-2)15-12-18(3)4/h1,7-10,13-14,16-17H,3,11-12,15H2,2,4-5H3/b10-8-,19-9-,21-7+. The molecule has 0 aliphatic heterocycles. The third kappa shape index (κ3) is 6.46. The molecule has 0 spiro atoms. The fourth-order valence-electron chi connectivity index (χ4n) is 2.22. The summed E-state index contributed by atoms with van der Waals surface area (Å²) in [6.45, 7) is 10.2. The van der Waals surface area contributed by atoms with Crippen molar-refractivity contribution >= 4 is 5.57 Å². The normalized spacial score (nSPS) is 12.5. The van der Waals surface area contributed by atoms with Gasteiger partial charge in [-0.25, -0.2) is 0 Å². The van der Waals surface area contributed by atoms with Crippen molar-refractivity contribution in [3.63, 3.8) is 0 Å². The predicted molar refractivity (Wildman–Crippen MR) is 99.6 cm³/mol.